The Morgan fingerprint density at radius 3 is 2.46 bits per heavy atom. The molecule has 0 aliphatic heterocycles. The van der Waals surface area contributed by atoms with Crippen molar-refractivity contribution in [3.63, 3.8) is 0 Å². The van der Waals surface area contributed by atoms with Gasteiger partial charge in [0.1, 0.15) is 11.6 Å². The van der Waals surface area contributed by atoms with Crippen LogP contribution in [0.1, 0.15) is 19.2 Å². The van der Waals surface area contributed by atoms with Gasteiger partial charge in [-0.2, -0.15) is 0 Å². The summed E-state index contributed by atoms with van der Waals surface area (Å²) in [7, 11) is -3.01. The maximum atomic E-state index is 11.3. The molecule has 0 saturated carbocycles. The van der Waals surface area contributed by atoms with E-state index in [-0.39, 0.29) is 11.5 Å². The van der Waals surface area contributed by atoms with Crippen LogP contribution in [0, 0.1) is 0 Å². The Bertz CT molecular complexity index is 348. The highest BCUT2D eigenvalue weighted by atomic mass is 32.2. The van der Waals surface area contributed by atoms with E-state index in [1.807, 2.05) is 6.92 Å². The number of hydrogen-bond donors (Lipinski definition) is 0. The minimum absolute atomic E-state index is 0.0539. The molecule has 0 aromatic carbocycles. The molecule has 1 aromatic rings. The van der Waals surface area contributed by atoms with Crippen LogP contribution in [0.15, 0.2) is 18.5 Å². The Labute approximate surface area is 78.0 Å². The van der Waals surface area contributed by atoms with E-state index in [4.69, 9.17) is 0 Å². The van der Waals surface area contributed by atoms with E-state index in [0.29, 0.717) is 12.2 Å². The molecule has 1 aromatic heterocycles. The van der Waals surface area contributed by atoms with Crippen LogP contribution < -0.4 is 0 Å². The lowest BCUT2D eigenvalue weighted by atomic mass is 10.6. The summed E-state index contributed by atoms with van der Waals surface area (Å²) in [5.41, 5.74) is 0. The van der Waals surface area contributed by atoms with Crippen molar-refractivity contribution in [2.24, 2.45) is 0 Å². The van der Waals surface area contributed by atoms with Gasteiger partial charge in [0.05, 0.1) is 5.75 Å². The van der Waals surface area contributed by atoms with E-state index in [1.165, 1.54) is 0 Å². The third kappa shape index (κ3) is 3.50. The van der Waals surface area contributed by atoms with E-state index in [9.17, 15) is 8.42 Å². The number of hydrogen-bond acceptors (Lipinski definition) is 4. The first kappa shape index (κ1) is 10.1. The van der Waals surface area contributed by atoms with Gasteiger partial charge in [-0.1, -0.05) is 6.92 Å². The molecule has 0 aliphatic rings. The number of sulfone groups is 1. The Hall–Kier alpha value is -0.970. The van der Waals surface area contributed by atoms with Crippen LogP contribution in [0.3, 0.4) is 0 Å². The summed E-state index contributed by atoms with van der Waals surface area (Å²) in [5, 5.41) is 0. The van der Waals surface area contributed by atoms with E-state index < -0.39 is 9.84 Å². The lowest BCUT2D eigenvalue weighted by Crippen LogP contribution is -2.10. The molecule has 72 valence electrons. The van der Waals surface area contributed by atoms with Gasteiger partial charge >= 0.3 is 0 Å². The summed E-state index contributed by atoms with van der Waals surface area (Å²) >= 11 is 0. The molecule has 0 saturated heterocycles. The van der Waals surface area contributed by atoms with Crippen LogP contribution >= 0.6 is 0 Å². The smallest absolute Gasteiger partial charge is 0.157 e. The van der Waals surface area contributed by atoms with Gasteiger partial charge in [-0.25, -0.2) is 18.4 Å². The van der Waals surface area contributed by atoms with Gasteiger partial charge in [-0.05, 0) is 12.5 Å². The van der Waals surface area contributed by atoms with Gasteiger partial charge in [-0.15, -0.1) is 0 Å². The Morgan fingerprint density at radius 2 is 1.92 bits per heavy atom. The van der Waals surface area contributed by atoms with E-state index in [0.717, 1.165) is 0 Å². The second kappa shape index (κ2) is 4.32. The second-order valence-corrected chi connectivity index (χ2v) is 4.94. The van der Waals surface area contributed by atoms with Crippen molar-refractivity contribution in [1.82, 2.24) is 9.97 Å². The Morgan fingerprint density at radius 1 is 1.31 bits per heavy atom. The molecule has 0 bridgehead atoms. The van der Waals surface area contributed by atoms with Crippen LogP contribution in [0.4, 0.5) is 0 Å². The van der Waals surface area contributed by atoms with Crippen molar-refractivity contribution in [3.05, 3.63) is 24.3 Å². The monoisotopic (exact) mass is 200 g/mol. The van der Waals surface area contributed by atoms with Gasteiger partial charge in [0.2, 0.25) is 0 Å². The minimum Gasteiger partial charge on any atom is -0.240 e. The summed E-state index contributed by atoms with van der Waals surface area (Å²) in [6, 6.07) is 1.66. The van der Waals surface area contributed by atoms with Gasteiger partial charge in [-0.3, -0.25) is 0 Å². The van der Waals surface area contributed by atoms with Gasteiger partial charge in [0.15, 0.2) is 9.84 Å². The fourth-order valence-corrected chi connectivity index (χ4v) is 2.29. The zero-order valence-corrected chi connectivity index (χ0v) is 8.29. The average Bonchev–Trinajstić information content (AvgIpc) is 2.04. The normalized spacial score (nSPS) is 11.5. The van der Waals surface area contributed by atoms with Crippen molar-refractivity contribution >= 4 is 9.84 Å². The van der Waals surface area contributed by atoms with Crippen LogP contribution in [0.2, 0.25) is 0 Å². The van der Waals surface area contributed by atoms with E-state index in [2.05, 4.69) is 9.97 Å². The molecule has 4 nitrogen and oxygen atoms in total. The maximum absolute atomic E-state index is 11.3. The molecular formula is C8H12N2O2S. The molecule has 0 fully saturated rings. The van der Waals surface area contributed by atoms with Crippen LogP contribution in [-0.4, -0.2) is 24.1 Å². The summed E-state index contributed by atoms with van der Waals surface area (Å²) in [6.45, 7) is 1.84. The lowest BCUT2D eigenvalue weighted by Gasteiger charge is -1.99. The fourth-order valence-electron chi connectivity index (χ4n) is 0.984. The minimum atomic E-state index is -3.01. The van der Waals surface area contributed by atoms with Crippen LogP contribution in [-0.2, 0) is 15.6 Å². The standard InChI is InChI=1S/C8H12N2O2S/c1-2-6-13(11,12)7-8-9-4-3-5-10-8/h3-5H,2,6-7H2,1H3. The third-order valence-electron chi connectivity index (χ3n) is 1.48. The van der Waals surface area contributed by atoms with Crippen molar-refractivity contribution in [2.45, 2.75) is 19.1 Å². The maximum Gasteiger partial charge on any atom is 0.157 e. The number of rotatable bonds is 4. The van der Waals surface area contributed by atoms with E-state index >= 15 is 0 Å². The Balaban J connectivity index is 2.70. The molecule has 1 heterocycles. The van der Waals surface area contributed by atoms with E-state index in [1.54, 1.807) is 18.5 Å². The van der Waals surface area contributed by atoms with Gasteiger partial charge < -0.3 is 0 Å². The average molecular weight is 200 g/mol. The molecule has 13 heavy (non-hydrogen) atoms. The Kier molecular flexibility index (Phi) is 3.36. The summed E-state index contributed by atoms with van der Waals surface area (Å²) in [4.78, 5) is 7.71. The molecule has 0 aliphatic carbocycles. The van der Waals surface area contributed by atoms with Crippen LogP contribution in [0.25, 0.3) is 0 Å². The molecule has 0 N–H and O–H groups in total. The lowest BCUT2D eigenvalue weighted by molar-refractivity contribution is 0.592. The van der Waals surface area contributed by atoms with Crippen molar-refractivity contribution in [1.29, 1.82) is 0 Å². The third-order valence-corrected chi connectivity index (χ3v) is 3.21. The predicted molar refractivity (Wildman–Crippen MR) is 49.8 cm³/mol. The molecule has 0 spiro atoms. The molecular weight excluding hydrogens is 188 g/mol. The van der Waals surface area contributed by atoms with Crippen molar-refractivity contribution < 1.29 is 8.42 Å². The number of aromatic nitrogens is 2. The molecule has 0 atom stereocenters. The topological polar surface area (TPSA) is 59.9 Å². The zero-order chi connectivity index (χ0) is 9.73. The quantitative estimate of drug-likeness (QED) is 0.721. The summed E-state index contributed by atoms with van der Waals surface area (Å²) in [6.07, 6.45) is 3.72. The molecule has 0 amide bonds. The van der Waals surface area contributed by atoms with Gasteiger partial charge in [0.25, 0.3) is 0 Å². The first-order valence-electron chi connectivity index (χ1n) is 4.10. The molecule has 0 radical (unpaired) electrons. The first-order chi connectivity index (χ1) is 6.14. The highest BCUT2D eigenvalue weighted by Crippen LogP contribution is 2.01. The molecule has 0 unspecified atom stereocenters. The SMILES string of the molecule is CCCS(=O)(=O)Cc1ncccn1. The zero-order valence-electron chi connectivity index (χ0n) is 7.47. The predicted octanol–water partition coefficient (Wildman–Crippen LogP) is 0.801. The highest BCUT2D eigenvalue weighted by Gasteiger charge is 2.11. The summed E-state index contributed by atoms with van der Waals surface area (Å²) in [5.74, 6) is 0.517. The van der Waals surface area contributed by atoms with Crippen molar-refractivity contribution in [2.75, 3.05) is 5.75 Å². The number of nitrogens with zero attached hydrogens (tertiary/aromatic N) is 2. The van der Waals surface area contributed by atoms with Gasteiger partial charge in [0, 0.05) is 12.4 Å². The largest absolute Gasteiger partial charge is 0.240 e. The molecule has 5 heteroatoms. The first-order valence-corrected chi connectivity index (χ1v) is 5.92. The second-order valence-electron chi connectivity index (χ2n) is 2.76. The van der Waals surface area contributed by atoms with Crippen molar-refractivity contribution in [3.8, 4) is 0 Å². The fraction of sp³-hybridized carbons (Fsp3) is 0.500. The highest BCUT2D eigenvalue weighted by molar-refractivity contribution is 7.90. The van der Waals surface area contributed by atoms with Crippen LogP contribution in [0.5, 0.6) is 0 Å². The molecule has 1 rings (SSSR count). The summed E-state index contributed by atoms with van der Waals surface area (Å²) < 4.78 is 22.6.